The summed E-state index contributed by atoms with van der Waals surface area (Å²) in [5.74, 6) is 0.103. The van der Waals surface area contributed by atoms with Crippen LogP contribution in [0.1, 0.15) is 6.92 Å². The van der Waals surface area contributed by atoms with Gasteiger partial charge in [0, 0.05) is 13.1 Å². The zero-order valence-corrected chi connectivity index (χ0v) is 8.83. The largest absolute Gasteiger partial charge is 0.395 e. The van der Waals surface area contributed by atoms with E-state index in [1.54, 1.807) is 11.8 Å². The molecule has 0 fully saturated rings. The summed E-state index contributed by atoms with van der Waals surface area (Å²) in [7, 11) is 0. The van der Waals surface area contributed by atoms with Crippen LogP contribution in [0.2, 0.25) is 0 Å². The molecule has 0 aliphatic rings. The van der Waals surface area contributed by atoms with E-state index in [4.69, 9.17) is 10.8 Å². The SMILES string of the molecule is CCN(CCO)c1nc(N)ncc1[N+](=O)[O-]. The van der Waals surface area contributed by atoms with Crippen molar-refractivity contribution in [3.8, 4) is 0 Å². The van der Waals surface area contributed by atoms with Gasteiger partial charge in [0.15, 0.2) is 0 Å². The first-order chi connectivity index (χ1) is 7.60. The number of hydrogen-bond acceptors (Lipinski definition) is 7. The molecule has 16 heavy (non-hydrogen) atoms. The Balaban J connectivity index is 3.16. The summed E-state index contributed by atoms with van der Waals surface area (Å²) >= 11 is 0. The number of nitrogen functional groups attached to an aromatic ring is 1. The van der Waals surface area contributed by atoms with Crippen LogP contribution < -0.4 is 10.6 Å². The van der Waals surface area contributed by atoms with Gasteiger partial charge >= 0.3 is 5.69 Å². The molecule has 8 nitrogen and oxygen atoms in total. The van der Waals surface area contributed by atoms with E-state index in [0.717, 1.165) is 6.20 Å². The van der Waals surface area contributed by atoms with Crippen molar-refractivity contribution in [2.24, 2.45) is 0 Å². The Morgan fingerprint density at radius 3 is 2.88 bits per heavy atom. The average molecular weight is 227 g/mol. The average Bonchev–Trinajstić information content (AvgIpc) is 2.25. The molecule has 0 aromatic carbocycles. The number of nitrogens with two attached hydrogens (primary N) is 1. The van der Waals surface area contributed by atoms with E-state index in [0.29, 0.717) is 6.54 Å². The highest BCUT2D eigenvalue weighted by Gasteiger charge is 2.21. The van der Waals surface area contributed by atoms with E-state index in [1.165, 1.54) is 0 Å². The van der Waals surface area contributed by atoms with Crippen molar-refractivity contribution in [3.63, 3.8) is 0 Å². The highest BCUT2D eigenvalue weighted by Crippen LogP contribution is 2.24. The molecule has 8 heteroatoms. The maximum Gasteiger partial charge on any atom is 0.329 e. The van der Waals surface area contributed by atoms with Crippen LogP contribution in [-0.4, -0.2) is 39.7 Å². The van der Waals surface area contributed by atoms with Crippen molar-refractivity contribution < 1.29 is 10.0 Å². The lowest BCUT2D eigenvalue weighted by Gasteiger charge is -2.20. The molecule has 1 heterocycles. The number of aliphatic hydroxyl groups excluding tert-OH is 1. The summed E-state index contributed by atoms with van der Waals surface area (Å²) in [6.45, 7) is 2.43. The normalized spacial score (nSPS) is 10.1. The summed E-state index contributed by atoms with van der Waals surface area (Å²) in [5.41, 5.74) is 5.16. The van der Waals surface area contributed by atoms with Gasteiger partial charge in [0.25, 0.3) is 0 Å². The van der Waals surface area contributed by atoms with Crippen molar-refractivity contribution in [2.45, 2.75) is 6.92 Å². The second kappa shape index (κ2) is 5.21. The number of rotatable bonds is 5. The van der Waals surface area contributed by atoms with Crippen LogP contribution in [-0.2, 0) is 0 Å². The highest BCUT2D eigenvalue weighted by atomic mass is 16.6. The molecule has 3 N–H and O–H groups in total. The Hall–Kier alpha value is -1.96. The third-order valence-electron chi connectivity index (χ3n) is 2.02. The number of hydrogen-bond donors (Lipinski definition) is 2. The van der Waals surface area contributed by atoms with Crippen molar-refractivity contribution in [2.75, 3.05) is 30.3 Å². The molecule has 0 saturated heterocycles. The summed E-state index contributed by atoms with van der Waals surface area (Å²) in [6, 6.07) is 0. The maximum absolute atomic E-state index is 10.8. The monoisotopic (exact) mass is 227 g/mol. The van der Waals surface area contributed by atoms with Crippen molar-refractivity contribution >= 4 is 17.5 Å². The first-order valence-corrected chi connectivity index (χ1v) is 4.72. The molecule has 0 spiro atoms. The van der Waals surface area contributed by atoms with E-state index >= 15 is 0 Å². The fourth-order valence-corrected chi connectivity index (χ4v) is 1.28. The minimum atomic E-state index is -0.575. The number of aliphatic hydroxyl groups is 1. The summed E-state index contributed by atoms with van der Waals surface area (Å²) < 4.78 is 0. The Morgan fingerprint density at radius 1 is 1.69 bits per heavy atom. The highest BCUT2D eigenvalue weighted by molar-refractivity contribution is 5.58. The molecule has 0 amide bonds. The van der Waals surface area contributed by atoms with Gasteiger partial charge in [-0.3, -0.25) is 10.1 Å². The number of nitrogens with zero attached hydrogens (tertiary/aromatic N) is 4. The van der Waals surface area contributed by atoms with Crippen LogP contribution in [0.5, 0.6) is 0 Å². The van der Waals surface area contributed by atoms with Crippen LogP contribution >= 0.6 is 0 Å². The third-order valence-corrected chi connectivity index (χ3v) is 2.02. The van der Waals surface area contributed by atoms with Crippen molar-refractivity contribution in [1.82, 2.24) is 9.97 Å². The van der Waals surface area contributed by atoms with Crippen molar-refractivity contribution in [1.29, 1.82) is 0 Å². The number of aromatic nitrogens is 2. The standard InChI is InChI=1S/C8H13N5O3/c1-2-12(3-4-14)7-6(13(15)16)5-10-8(9)11-7/h5,14H,2-4H2,1H3,(H2,9,10,11). The van der Waals surface area contributed by atoms with E-state index in [1.807, 2.05) is 0 Å². The molecule has 0 aliphatic heterocycles. The van der Waals surface area contributed by atoms with Gasteiger partial charge in [0.05, 0.1) is 11.5 Å². The van der Waals surface area contributed by atoms with Gasteiger partial charge in [-0.15, -0.1) is 0 Å². The first kappa shape index (κ1) is 12.1. The van der Waals surface area contributed by atoms with Gasteiger partial charge in [0.1, 0.15) is 6.20 Å². The summed E-state index contributed by atoms with van der Waals surface area (Å²) in [5, 5.41) is 19.6. The minimum absolute atomic E-state index is 0.0306. The van der Waals surface area contributed by atoms with Gasteiger partial charge < -0.3 is 15.7 Å². The van der Waals surface area contributed by atoms with Crippen LogP contribution in [0.4, 0.5) is 17.5 Å². The smallest absolute Gasteiger partial charge is 0.329 e. The van der Waals surface area contributed by atoms with Crippen molar-refractivity contribution in [3.05, 3.63) is 16.3 Å². The fraction of sp³-hybridized carbons (Fsp3) is 0.500. The topological polar surface area (TPSA) is 118 Å². The van der Waals surface area contributed by atoms with Gasteiger partial charge in [-0.2, -0.15) is 4.98 Å². The lowest BCUT2D eigenvalue weighted by atomic mass is 10.4. The molecule has 1 aromatic rings. The van der Waals surface area contributed by atoms with Gasteiger partial charge in [-0.1, -0.05) is 0 Å². The van der Waals surface area contributed by atoms with Crippen LogP contribution in [0.25, 0.3) is 0 Å². The Bertz CT molecular complexity index is 384. The number of likely N-dealkylation sites (N-methyl/N-ethyl adjacent to an activating group) is 1. The predicted molar refractivity (Wildman–Crippen MR) is 58.1 cm³/mol. The quantitative estimate of drug-likeness (QED) is 0.527. The molecule has 0 radical (unpaired) electrons. The number of anilines is 2. The first-order valence-electron chi connectivity index (χ1n) is 4.72. The number of nitro groups is 1. The molecule has 88 valence electrons. The maximum atomic E-state index is 10.8. The molecule has 0 atom stereocenters. The molecular weight excluding hydrogens is 214 g/mol. The zero-order chi connectivity index (χ0) is 12.1. The van der Waals surface area contributed by atoms with E-state index < -0.39 is 4.92 Å². The van der Waals surface area contributed by atoms with E-state index in [2.05, 4.69) is 9.97 Å². The Kier molecular flexibility index (Phi) is 3.95. The molecule has 0 aliphatic carbocycles. The van der Waals surface area contributed by atoms with Gasteiger partial charge in [-0.25, -0.2) is 4.98 Å². The van der Waals surface area contributed by atoms with Gasteiger partial charge in [0.2, 0.25) is 11.8 Å². The lowest BCUT2D eigenvalue weighted by Crippen LogP contribution is -2.28. The molecule has 1 aromatic heterocycles. The third kappa shape index (κ3) is 2.54. The van der Waals surface area contributed by atoms with Crippen LogP contribution in [0.3, 0.4) is 0 Å². The second-order valence-corrected chi connectivity index (χ2v) is 3.00. The fourth-order valence-electron chi connectivity index (χ4n) is 1.28. The molecule has 0 saturated carbocycles. The molecule has 0 unspecified atom stereocenters. The van der Waals surface area contributed by atoms with Crippen LogP contribution in [0.15, 0.2) is 6.20 Å². The zero-order valence-electron chi connectivity index (χ0n) is 8.83. The van der Waals surface area contributed by atoms with Crippen LogP contribution in [0, 0.1) is 10.1 Å². The van der Waals surface area contributed by atoms with E-state index in [-0.39, 0.29) is 30.6 Å². The summed E-state index contributed by atoms with van der Waals surface area (Å²) in [4.78, 5) is 19.1. The predicted octanol–water partition coefficient (Wildman–Crippen LogP) is -0.214. The Labute approximate surface area is 91.9 Å². The molecule has 0 bridgehead atoms. The van der Waals surface area contributed by atoms with Gasteiger partial charge in [-0.05, 0) is 6.92 Å². The summed E-state index contributed by atoms with van der Waals surface area (Å²) in [6.07, 6.45) is 1.07. The Morgan fingerprint density at radius 2 is 2.38 bits per heavy atom. The molecular formula is C8H13N5O3. The minimum Gasteiger partial charge on any atom is -0.395 e. The lowest BCUT2D eigenvalue weighted by molar-refractivity contribution is -0.384. The molecule has 1 rings (SSSR count). The van der Waals surface area contributed by atoms with E-state index in [9.17, 15) is 10.1 Å². The second-order valence-electron chi connectivity index (χ2n) is 3.00.